The zero-order valence-electron chi connectivity index (χ0n) is 13.6. The van der Waals surface area contributed by atoms with Gasteiger partial charge in [-0.3, -0.25) is 4.57 Å². The van der Waals surface area contributed by atoms with Gasteiger partial charge in [0.25, 0.3) is 0 Å². The summed E-state index contributed by atoms with van der Waals surface area (Å²) in [5, 5.41) is 32.9. The Labute approximate surface area is 147 Å². The van der Waals surface area contributed by atoms with E-state index < -0.39 is 31.1 Å². The first kappa shape index (κ1) is 16.7. The second-order valence-corrected chi connectivity index (χ2v) is 5.90. The van der Waals surface area contributed by atoms with Crippen LogP contribution in [0.3, 0.4) is 0 Å². The Morgan fingerprint density at radius 1 is 1.27 bits per heavy atom. The number of ether oxygens (including phenoxy) is 1. The monoisotopic (exact) mass is 362 g/mol. The number of aliphatic hydroxyl groups excluding tert-OH is 3. The Balaban J connectivity index is 1.76. The van der Waals surface area contributed by atoms with E-state index in [9.17, 15) is 15.3 Å². The normalized spacial score (nSPS) is 25.8. The number of furan rings is 1. The maximum Gasteiger partial charge on any atom is 0.207 e. The first-order valence-electron chi connectivity index (χ1n) is 7.97. The average molecular weight is 362 g/mol. The molecule has 138 valence electrons. The van der Waals surface area contributed by atoms with Gasteiger partial charge in [0.2, 0.25) is 5.95 Å². The van der Waals surface area contributed by atoms with E-state index in [-0.39, 0.29) is 5.82 Å². The van der Waals surface area contributed by atoms with Gasteiger partial charge in [0.05, 0.1) is 19.4 Å². The zero-order chi connectivity index (χ0) is 18.3. The standard InChI is InChI=1S/C15H18N6O5/c16-12-9-13(19-6-18-12)21(14-11(24)10(23)8(5-22)26-14)15(20-9)17-4-7-2-1-3-25-7/h1-3,6,8,10-11,14,22-24H,4-5H2,(H,17,20)(H2,16,18,19)/t8-,10+,11-,14-/m1/s1. The second kappa shape index (κ2) is 6.53. The molecule has 11 nitrogen and oxygen atoms in total. The van der Waals surface area contributed by atoms with Crippen molar-refractivity contribution in [2.75, 3.05) is 17.7 Å². The smallest absolute Gasteiger partial charge is 0.207 e. The van der Waals surface area contributed by atoms with Crippen LogP contribution in [0.4, 0.5) is 11.8 Å². The molecule has 0 bridgehead atoms. The Morgan fingerprint density at radius 3 is 2.81 bits per heavy atom. The average Bonchev–Trinajstić information content (AvgIpc) is 3.34. The van der Waals surface area contributed by atoms with Gasteiger partial charge in [-0.2, -0.15) is 0 Å². The van der Waals surface area contributed by atoms with Crippen LogP contribution in [0.1, 0.15) is 12.0 Å². The van der Waals surface area contributed by atoms with E-state index in [1.165, 1.54) is 10.9 Å². The van der Waals surface area contributed by atoms with E-state index >= 15 is 0 Å². The van der Waals surface area contributed by atoms with Gasteiger partial charge < -0.3 is 35.5 Å². The lowest BCUT2D eigenvalue weighted by Crippen LogP contribution is -2.33. The molecule has 1 aliphatic heterocycles. The molecule has 4 rings (SSSR count). The molecule has 0 unspecified atom stereocenters. The lowest BCUT2D eigenvalue weighted by atomic mass is 10.1. The lowest BCUT2D eigenvalue weighted by Gasteiger charge is -2.19. The summed E-state index contributed by atoms with van der Waals surface area (Å²) in [5.41, 5.74) is 6.53. The SMILES string of the molecule is Nc1ncnc2c1nc(NCc1ccco1)n2[C@@H]1O[C@H](CO)[C@H](O)[C@H]1O. The van der Waals surface area contributed by atoms with Crippen LogP contribution in [0.5, 0.6) is 0 Å². The highest BCUT2D eigenvalue weighted by Gasteiger charge is 2.45. The van der Waals surface area contributed by atoms with Crippen LogP contribution < -0.4 is 11.1 Å². The van der Waals surface area contributed by atoms with Gasteiger partial charge in [-0.15, -0.1) is 0 Å². The summed E-state index contributed by atoms with van der Waals surface area (Å²) < 4.78 is 12.4. The number of fused-ring (bicyclic) bond motifs is 1. The van der Waals surface area contributed by atoms with Crippen LogP contribution >= 0.6 is 0 Å². The largest absolute Gasteiger partial charge is 0.467 e. The van der Waals surface area contributed by atoms with E-state index in [0.717, 1.165) is 0 Å². The molecule has 0 aliphatic carbocycles. The fraction of sp³-hybridized carbons (Fsp3) is 0.400. The summed E-state index contributed by atoms with van der Waals surface area (Å²) in [5.74, 6) is 1.14. The fourth-order valence-corrected chi connectivity index (χ4v) is 2.96. The van der Waals surface area contributed by atoms with Gasteiger partial charge in [0.15, 0.2) is 23.2 Å². The summed E-state index contributed by atoms with van der Waals surface area (Å²) in [4.78, 5) is 12.5. The Bertz CT molecular complexity index is 897. The third kappa shape index (κ3) is 2.66. The molecule has 1 aliphatic rings. The minimum atomic E-state index is -1.29. The van der Waals surface area contributed by atoms with Crippen molar-refractivity contribution in [3.05, 3.63) is 30.5 Å². The van der Waals surface area contributed by atoms with E-state index in [1.54, 1.807) is 18.4 Å². The number of nitrogen functional groups attached to an aromatic ring is 1. The molecule has 4 atom stereocenters. The Hall–Kier alpha value is -2.73. The highest BCUT2D eigenvalue weighted by atomic mass is 16.6. The molecule has 3 aromatic rings. The minimum absolute atomic E-state index is 0.168. The lowest BCUT2D eigenvalue weighted by molar-refractivity contribution is -0.0501. The molecular formula is C15H18N6O5. The molecule has 4 heterocycles. The number of imidazole rings is 1. The van der Waals surface area contributed by atoms with Crippen LogP contribution in [0.2, 0.25) is 0 Å². The molecule has 26 heavy (non-hydrogen) atoms. The quantitative estimate of drug-likeness (QED) is 0.389. The summed E-state index contributed by atoms with van der Waals surface area (Å²) >= 11 is 0. The summed E-state index contributed by atoms with van der Waals surface area (Å²) in [6.07, 6.45) is -1.65. The van der Waals surface area contributed by atoms with E-state index in [1.807, 2.05) is 0 Å². The summed E-state index contributed by atoms with van der Waals surface area (Å²) in [6.45, 7) is -0.119. The number of hydrogen-bond acceptors (Lipinski definition) is 10. The maximum absolute atomic E-state index is 10.4. The number of nitrogens with two attached hydrogens (primary N) is 1. The molecule has 0 aromatic carbocycles. The van der Waals surface area contributed by atoms with Crippen LogP contribution in [-0.2, 0) is 11.3 Å². The van der Waals surface area contributed by atoms with Gasteiger partial charge in [-0.05, 0) is 12.1 Å². The number of anilines is 2. The molecule has 1 fully saturated rings. The topological polar surface area (TPSA) is 165 Å². The van der Waals surface area contributed by atoms with E-state index in [0.29, 0.717) is 29.4 Å². The molecule has 6 N–H and O–H groups in total. The number of rotatable bonds is 5. The number of hydrogen-bond donors (Lipinski definition) is 5. The van der Waals surface area contributed by atoms with Gasteiger partial charge in [0, 0.05) is 0 Å². The number of nitrogens with zero attached hydrogens (tertiary/aromatic N) is 4. The number of aliphatic hydroxyl groups is 3. The van der Waals surface area contributed by atoms with Crippen LogP contribution in [0, 0.1) is 0 Å². The maximum atomic E-state index is 10.4. The molecule has 3 aromatic heterocycles. The fourth-order valence-electron chi connectivity index (χ4n) is 2.96. The van der Waals surface area contributed by atoms with E-state index in [2.05, 4.69) is 20.3 Å². The van der Waals surface area contributed by atoms with Crippen molar-refractivity contribution in [1.82, 2.24) is 19.5 Å². The second-order valence-electron chi connectivity index (χ2n) is 5.90. The predicted molar refractivity (Wildman–Crippen MR) is 88.8 cm³/mol. The first-order chi connectivity index (χ1) is 12.6. The number of nitrogens with one attached hydrogen (secondary N) is 1. The molecule has 1 saturated heterocycles. The minimum Gasteiger partial charge on any atom is -0.467 e. The molecular weight excluding hydrogens is 344 g/mol. The molecule has 0 saturated carbocycles. The zero-order valence-corrected chi connectivity index (χ0v) is 13.6. The number of aromatic nitrogens is 4. The highest BCUT2D eigenvalue weighted by molar-refractivity contribution is 5.84. The van der Waals surface area contributed by atoms with Crippen molar-refractivity contribution in [3.63, 3.8) is 0 Å². The van der Waals surface area contributed by atoms with Crippen molar-refractivity contribution in [2.45, 2.75) is 31.1 Å². The molecule has 0 spiro atoms. The van der Waals surface area contributed by atoms with Crippen LogP contribution in [-0.4, -0.2) is 59.8 Å². The van der Waals surface area contributed by atoms with E-state index in [4.69, 9.17) is 14.9 Å². The van der Waals surface area contributed by atoms with Crippen molar-refractivity contribution in [1.29, 1.82) is 0 Å². The van der Waals surface area contributed by atoms with Crippen LogP contribution in [0.25, 0.3) is 11.2 Å². The third-order valence-electron chi connectivity index (χ3n) is 4.28. The molecule has 0 radical (unpaired) electrons. The molecule has 11 heteroatoms. The summed E-state index contributed by atoms with van der Waals surface area (Å²) in [7, 11) is 0. The Kier molecular flexibility index (Phi) is 4.20. The van der Waals surface area contributed by atoms with Gasteiger partial charge in [-0.1, -0.05) is 0 Å². The van der Waals surface area contributed by atoms with Crippen molar-refractivity contribution < 1.29 is 24.5 Å². The highest BCUT2D eigenvalue weighted by Crippen LogP contribution is 2.35. The predicted octanol–water partition coefficient (Wildman–Crippen LogP) is -0.775. The van der Waals surface area contributed by atoms with Crippen molar-refractivity contribution in [3.8, 4) is 0 Å². The first-order valence-corrected chi connectivity index (χ1v) is 7.97. The molecule has 0 amide bonds. The van der Waals surface area contributed by atoms with Gasteiger partial charge >= 0.3 is 0 Å². The Morgan fingerprint density at radius 2 is 2.12 bits per heavy atom. The van der Waals surface area contributed by atoms with Gasteiger partial charge in [0.1, 0.15) is 30.4 Å². The van der Waals surface area contributed by atoms with Crippen molar-refractivity contribution in [2.24, 2.45) is 0 Å². The van der Waals surface area contributed by atoms with Crippen molar-refractivity contribution >= 4 is 22.9 Å². The summed E-state index contributed by atoms with van der Waals surface area (Å²) in [6, 6.07) is 3.55. The third-order valence-corrected chi connectivity index (χ3v) is 4.28. The van der Waals surface area contributed by atoms with Gasteiger partial charge in [-0.25, -0.2) is 15.0 Å². The van der Waals surface area contributed by atoms with Crippen LogP contribution in [0.15, 0.2) is 29.1 Å².